The predicted octanol–water partition coefficient (Wildman–Crippen LogP) is 1.13. The number of carbonyl (C=O) groups excluding carboxylic acids is 1. The maximum absolute atomic E-state index is 12.5. The van der Waals surface area contributed by atoms with Crippen LogP contribution in [0.5, 0.6) is 11.5 Å². The van der Waals surface area contributed by atoms with Crippen LogP contribution in [0.1, 0.15) is 15.9 Å². The Hall–Kier alpha value is -2.09. The molecule has 0 aliphatic heterocycles. The summed E-state index contributed by atoms with van der Waals surface area (Å²) in [5, 5.41) is 11.7. The Morgan fingerprint density at radius 3 is 2.62 bits per heavy atom. The van der Waals surface area contributed by atoms with Crippen LogP contribution in [0.4, 0.5) is 0 Å². The summed E-state index contributed by atoms with van der Waals surface area (Å²) >= 11 is 1.37. The molecule has 3 rings (SSSR count). The van der Waals surface area contributed by atoms with Crippen molar-refractivity contribution in [1.82, 2.24) is 20.2 Å². The third-order valence-electron chi connectivity index (χ3n) is 3.40. The van der Waals surface area contributed by atoms with Gasteiger partial charge in [-0.2, -0.15) is 0 Å². The van der Waals surface area contributed by atoms with Crippen LogP contribution >= 0.6 is 11.8 Å². The van der Waals surface area contributed by atoms with Gasteiger partial charge in [-0.1, -0.05) is 11.8 Å². The molecule has 1 aromatic carbocycles. The number of nitrogens with zero attached hydrogens (tertiary/aromatic N) is 4. The number of aryl methyl sites for hydroxylation is 1. The number of hydrogen-bond donors (Lipinski definition) is 0. The number of carbonyl (C=O) groups is 1. The molecule has 0 amide bonds. The van der Waals surface area contributed by atoms with E-state index in [1.165, 1.54) is 11.8 Å². The molecule has 1 aliphatic carbocycles. The Balaban J connectivity index is 1.90. The summed E-state index contributed by atoms with van der Waals surface area (Å²) in [6, 6.07) is 3.60. The number of Topliss-reactive ketones (excluding diaryl/α,β-unsaturated/α-hetero) is 1. The predicted molar refractivity (Wildman–Crippen MR) is 76.0 cm³/mol. The maximum atomic E-state index is 12.5. The summed E-state index contributed by atoms with van der Waals surface area (Å²) in [5.74, 6) is 1.27. The Labute approximate surface area is 125 Å². The normalized spacial score (nSPS) is 16.9. The van der Waals surface area contributed by atoms with E-state index in [0.717, 1.165) is 5.56 Å². The number of hydrogen-bond acceptors (Lipinski definition) is 7. The fourth-order valence-electron chi connectivity index (χ4n) is 2.33. The monoisotopic (exact) mass is 306 g/mol. The van der Waals surface area contributed by atoms with E-state index < -0.39 is 0 Å². The van der Waals surface area contributed by atoms with Crippen LogP contribution in [0, 0.1) is 0 Å². The SMILES string of the molecule is COc1cc2c(cc1OC)C(=O)[C@H](Sc1nnnn1C)C2. The van der Waals surface area contributed by atoms with Crippen molar-refractivity contribution in [3.05, 3.63) is 23.3 Å². The first kappa shape index (κ1) is 13.9. The van der Waals surface area contributed by atoms with Crippen molar-refractivity contribution in [2.24, 2.45) is 7.05 Å². The lowest BCUT2D eigenvalue weighted by Crippen LogP contribution is -2.12. The van der Waals surface area contributed by atoms with Crippen molar-refractivity contribution >= 4 is 17.5 Å². The summed E-state index contributed by atoms with van der Waals surface area (Å²) in [5.41, 5.74) is 1.64. The van der Waals surface area contributed by atoms with Gasteiger partial charge in [0.2, 0.25) is 5.16 Å². The molecule has 0 saturated heterocycles. The van der Waals surface area contributed by atoms with E-state index in [4.69, 9.17) is 9.47 Å². The van der Waals surface area contributed by atoms with Crippen molar-refractivity contribution in [1.29, 1.82) is 0 Å². The fourth-order valence-corrected chi connectivity index (χ4v) is 3.35. The second-order valence-corrected chi connectivity index (χ2v) is 5.79. The third-order valence-corrected chi connectivity index (χ3v) is 4.62. The van der Waals surface area contributed by atoms with E-state index in [0.29, 0.717) is 28.6 Å². The Morgan fingerprint density at radius 1 is 1.29 bits per heavy atom. The minimum Gasteiger partial charge on any atom is -0.493 e. The zero-order chi connectivity index (χ0) is 15.0. The molecule has 1 aliphatic rings. The number of ketones is 1. The largest absolute Gasteiger partial charge is 0.493 e. The first-order valence-electron chi connectivity index (χ1n) is 6.32. The molecular weight excluding hydrogens is 292 g/mol. The van der Waals surface area contributed by atoms with Gasteiger partial charge in [0.1, 0.15) is 0 Å². The molecule has 1 atom stereocenters. The molecule has 110 valence electrons. The van der Waals surface area contributed by atoms with Gasteiger partial charge >= 0.3 is 0 Å². The van der Waals surface area contributed by atoms with Crippen LogP contribution in [0.2, 0.25) is 0 Å². The quantitative estimate of drug-likeness (QED) is 0.837. The second kappa shape index (κ2) is 5.36. The van der Waals surface area contributed by atoms with Gasteiger partial charge in [-0.05, 0) is 34.5 Å². The minimum atomic E-state index is -0.221. The van der Waals surface area contributed by atoms with Gasteiger partial charge < -0.3 is 9.47 Å². The van der Waals surface area contributed by atoms with Gasteiger partial charge in [-0.3, -0.25) is 4.79 Å². The molecule has 0 spiro atoms. The van der Waals surface area contributed by atoms with Gasteiger partial charge in [0.15, 0.2) is 17.3 Å². The number of rotatable bonds is 4. The number of fused-ring (bicyclic) bond motifs is 1. The van der Waals surface area contributed by atoms with Gasteiger partial charge in [0, 0.05) is 12.6 Å². The van der Waals surface area contributed by atoms with E-state index in [1.54, 1.807) is 32.0 Å². The summed E-state index contributed by atoms with van der Waals surface area (Å²) in [6.45, 7) is 0. The van der Waals surface area contributed by atoms with Gasteiger partial charge in [-0.15, -0.1) is 5.10 Å². The smallest absolute Gasteiger partial charge is 0.209 e. The van der Waals surface area contributed by atoms with Crippen LogP contribution in [0.15, 0.2) is 17.3 Å². The molecule has 8 heteroatoms. The number of thioether (sulfide) groups is 1. The molecule has 0 bridgehead atoms. The summed E-state index contributed by atoms with van der Waals surface area (Å²) < 4.78 is 12.1. The molecule has 21 heavy (non-hydrogen) atoms. The van der Waals surface area contributed by atoms with Crippen molar-refractivity contribution in [3.63, 3.8) is 0 Å². The van der Waals surface area contributed by atoms with E-state index in [-0.39, 0.29) is 11.0 Å². The summed E-state index contributed by atoms with van der Waals surface area (Å²) in [4.78, 5) is 12.5. The molecule has 0 unspecified atom stereocenters. The van der Waals surface area contributed by atoms with Crippen molar-refractivity contribution in [2.45, 2.75) is 16.8 Å². The Bertz CT molecular complexity index is 701. The molecule has 0 N–H and O–H groups in total. The standard InChI is InChI=1S/C13H14N4O3S/c1-17-13(14-15-16-17)21-11-5-7-4-9(19-2)10(20-3)6-8(7)12(11)18/h4,6,11H,5H2,1-3H3/t11-/m1/s1. The maximum Gasteiger partial charge on any atom is 0.209 e. The third kappa shape index (κ3) is 2.35. The van der Waals surface area contributed by atoms with Gasteiger partial charge in [0.05, 0.1) is 19.5 Å². The molecule has 2 aromatic rings. The molecule has 0 fully saturated rings. The Morgan fingerprint density at radius 2 is 2.00 bits per heavy atom. The molecule has 7 nitrogen and oxygen atoms in total. The van der Waals surface area contributed by atoms with E-state index in [9.17, 15) is 4.79 Å². The van der Waals surface area contributed by atoms with Gasteiger partial charge in [-0.25, -0.2) is 4.68 Å². The highest BCUT2D eigenvalue weighted by atomic mass is 32.2. The first-order valence-corrected chi connectivity index (χ1v) is 7.20. The molecule has 1 aromatic heterocycles. The van der Waals surface area contributed by atoms with Crippen LogP contribution in [0.3, 0.4) is 0 Å². The van der Waals surface area contributed by atoms with Crippen molar-refractivity contribution < 1.29 is 14.3 Å². The van der Waals surface area contributed by atoms with Crippen LogP contribution in [-0.2, 0) is 13.5 Å². The number of benzene rings is 1. The molecule has 1 heterocycles. The molecule has 0 saturated carbocycles. The summed E-state index contributed by atoms with van der Waals surface area (Å²) in [6.07, 6.45) is 0.631. The van der Waals surface area contributed by atoms with Crippen LogP contribution in [0.25, 0.3) is 0 Å². The van der Waals surface area contributed by atoms with Crippen molar-refractivity contribution in [3.8, 4) is 11.5 Å². The fraction of sp³-hybridized carbons (Fsp3) is 0.385. The van der Waals surface area contributed by atoms with E-state index >= 15 is 0 Å². The average molecular weight is 306 g/mol. The number of tetrazole rings is 1. The van der Waals surface area contributed by atoms with Gasteiger partial charge in [0.25, 0.3) is 0 Å². The van der Waals surface area contributed by atoms with Crippen LogP contribution < -0.4 is 9.47 Å². The molecular formula is C13H14N4O3S. The highest BCUT2D eigenvalue weighted by molar-refractivity contribution is 8.00. The van der Waals surface area contributed by atoms with E-state index in [1.807, 2.05) is 6.07 Å². The number of aromatic nitrogens is 4. The summed E-state index contributed by atoms with van der Waals surface area (Å²) in [7, 11) is 4.89. The lowest BCUT2D eigenvalue weighted by atomic mass is 10.1. The van der Waals surface area contributed by atoms with E-state index in [2.05, 4.69) is 15.5 Å². The number of ether oxygens (including phenoxy) is 2. The van der Waals surface area contributed by atoms with Crippen molar-refractivity contribution in [2.75, 3.05) is 14.2 Å². The zero-order valence-corrected chi connectivity index (χ0v) is 12.7. The molecule has 0 radical (unpaired) electrons. The number of methoxy groups -OCH3 is 2. The van der Waals surface area contributed by atoms with Crippen LogP contribution in [-0.4, -0.2) is 45.5 Å². The topological polar surface area (TPSA) is 79.1 Å². The first-order chi connectivity index (χ1) is 10.1. The lowest BCUT2D eigenvalue weighted by Gasteiger charge is -2.09. The highest BCUT2D eigenvalue weighted by Crippen LogP contribution is 2.39. The second-order valence-electron chi connectivity index (χ2n) is 4.62. The highest BCUT2D eigenvalue weighted by Gasteiger charge is 2.34. The lowest BCUT2D eigenvalue weighted by molar-refractivity contribution is 0.1000. The zero-order valence-electron chi connectivity index (χ0n) is 11.9. The minimum absolute atomic E-state index is 0.0685. The Kier molecular flexibility index (Phi) is 3.54. The average Bonchev–Trinajstić information content (AvgIpc) is 3.03.